The van der Waals surface area contributed by atoms with Crippen molar-refractivity contribution in [3.63, 3.8) is 0 Å². The van der Waals surface area contributed by atoms with Crippen LogP contribution in [0.4, 0.5) is 8.78 Å². The number of carbonyl (C=O) groups is 1. The molecule has 3 aromatic carbocycles. The number of benzene rings is 3. The van der Waals surface area contributed by atoms with Gasteiger partial charge in [-0.05, 0) is 80.3 Å². The zero-order valence-electron chi connectivity index (χ0n) is 22.1. The van der Waals surface area contributed by atoms with Gasteiger partial charge in [-0.25, -0.2) is 8.78 Å². The third kappa shape index (κ3) is 5.42. The average molecular weight is 580 g/mol. The van der Waals surface area contributed by atoms with Gasteiger partial charge in [0.1, 0.15) is 22.3 Å². The highest BCUT2D eigenvalue weighted by Crippen LogP contribution is 2.40. The van der Waals surface area contributed by atoms with Crippen molar-refractivity contribution in [1.82, 2.24) is 10.2 Å². The number of hydrogen-bond donors (Lipinski definition) is 1. The van der Waals surface area contributed by atoms with Crippen LogP contribution in [-0.2, 0) is 6.54 Å². The molecule has 40 heavy (non-hydrogen) atoms. The lowest BCUT2D eigenvalue weighted by molar-refractivity contribution is 0.0604. The molecule has 0 aliphatic heterocycles. The van der Waals surface area contributed by atoms with Gasteiger partial charge in [0.05, 0.1) is 33.9 Å². The number of carbonyl (C=O) groups excluding carboxylic acids is 1. The van der Waals surface area contributed by atoms with E-state index in [1.54, 1.807) is 24.1 Å². The summed E-state index contributed by atoms with van der Waals surface area (Å²) in [6, 6.07) is 17.6. The van der Waals surface area contributed by atoms with E-state index in [0.29, 0.717) is 17.4 Å². The van der Waals surface area contributed by atoms with Crippen LogP contribution in [0, 0.1) is 23.0 Å². The molecule has 1 fully saturated rings. The minimum absolute atomic E-state index is 0.0348. The Morgan fingerprint density at radius 2 is 1.75 bits per heavy atom. The van der Waals surface area contributed by atoms with Gasteiger partial charge in [-0.2, -0.15) is 5.26 Å². The Morgan fingerprint density at radius 1 is 1.07 bits per heavy atom. The zero-order valence-corrected chi connectivity index (χ0v) is 23.7. The van der Waals surface area contributed by atoms with Crippen LogP contribution < -0.4 is 10.1 Å². The second-order valence-corrected chi connectivity index (χ2v) is 11.3. The number of ether oxygens (including phenoxy) is 1. The van der Waals surface area contributed by atoms with Crippen molar-refractivity contribution in [2.75, 3.05) is 14.2 Å². The number of amides is 1. The van der Waals surface area contributed by atoms with E-state index in [1.807, 2.05) is 37.4 Å². The maximum atomic E-state index is 14.6. The fourth-order valence-electron chi connectivity index (χ4n) is 5.41. The molecule has 206 valence electrons. The molecule has 1 amide bonds. The second-order valence-electron chi connectivity index (χ2n) is 9.92. The molecule has 0 spiro atoms. The van der Waals surface area contributed by atoms with Crippen LogP contribution in [0.25, 0.3) is 21.2 Å². The van der Waals surface area contributed by atoms with Crippen LogP contribution in [0.3, 0.4) is 0 Å². The standard InChI is InChI=1S/C31H28ClF2N3O2S/c1-36-22-8-10-23(11-9-22)37(31(38)30-28(32)27-24(33)12-13-25(34)29(27)40-30)17-21-15-20(7-14-26(21)39-2)19-5-3-18(16-35)4-6-19/h3-7,12-15,22-23,36H,8-11,17H2,1-2H3/t22-,23-. The molecule has 0 atom stereocenters. The van der Waals surface area contributed by atoms with E-state index in [-0.39, 0.29) is 38.5 Å². The van der Waals surface area contributed by atoms with Gasteiger partial charge in [-0.3, -0.25) is 4.79 Å². The Hall–Kier alpha value is -3.51. The summed E-state index contributed by atoms with van der Waals surface area (Å²) < 4.78 is 34.9. The highest BCUT2D eigenvalue weighted by atomic mass is 35.5. The van der Waals surface area contributed by atoms with Crippen molar-refractivity contribution in [2.24, 2.45) is 0 Å². The summed E-state index contributed by atoms with van der Waals surface area (Å²) in [6.07, 6.45) is 3.35. The molecule has 1 heterocycles. The fourth-order valence-corrected chi connectivity index (χ4v) is 6.92. The predicted octanol–water partition coefficient (Wildman–Crippen LogP) is 7.55. The van der Waals surface area contributed by atoms with Gasteiger partial charge in [0.2, 0.25) is 0 Å². The number of nitriles is 1. The Bertz CT molecular complexity index is 1590. The van der Waals surface area contributed by atoms with E-state index < -0.39 is 11.6 Å². The Labute approximate surface area is 240 Å². The van der Waals surface area contributed by atoms with E-state index in [4.69, 9.17) is 21.6 Å². The molecule has 9 heteroatoms. The molecule has 0 saturated heterocycles. The number of rotatable bonds is 7. The number of nitrogens with one attached hydrogen (secondary N) is 1. The lowest BCUT2D eigenvalue weighted by Crippen LogP contribution is -2.44. The topological polar surface area (TPSA) is 65.4 Å². The molecule has 0 bridgehead atoms. The van der Waals surface area contributed by atoms with E-state index in [0.717, 1.165) is 65.8 Å². The number of halogens is 3. The second kappa shape index (κ2) is 11.9. The molecule has 4 aromatic rings. The fraction of sp³-hybridized carbons (Fsp3) is 0.290. The van der Waals surface area contributed by atoms with Crippen LogP contribution in [-0.4, -0.2) is 37.0 Å². The molecule has 1 aromatic heterocycles. The largest absolute Gasteiger partial charge is 0.496 e. The van der Waals surface area contributed by atoms with E-state index >= 15 is 0 Å². The molecule has 1 saturated carbocycles. The quantitative estimate of drug-likeness (QED) is 0.245. The number of nitrogens with zero attached hydrogens (tertiary/aromatic N) is 2. The normalized spacial score (nSPS) is 17.0. The van der Waals surface area contributed by atoms with Gasteiger partial charge in [0.15, 0.2) is 0 Å². The van der Waals surface area contributed by atoms with Crippen LogP contribution in [0.2, 0.25) is 5.02 Å². The minimum Gasteiger partial charge on any atom is -0.496 e. The number of thiophene rings is 1. The van der Waals surface area contributed by atoms with Gasteiger partial charge in [-0.15, -0.1) is 11.3 Å². The maximum Gasteiger partial charge on any atom is 0.266 e. The highest BCUT2D eigenvalue weighted by Gasteiger charge is 2.33. The van der Waals surface area contributed by atoms with Crippen molar-refractivity contribution < 1.29 is 18.3 Å². The zero-order chi connectivity index (χ0) is 28.4. The summed E-state index contributed by atoms with van der Waals surface area (Å²) in [5.74, 6) is -1.00. The number of methoxy groups -OCH3 is 1. The summed E-state index contributed by atoms with van der Waals surface area (Å²) in [5, 5.41) is 12.3. The van der Waals surface area contributed by atoms with Crippen molar-refractivity contribution in [3.8, 4) is 22.9 Å². The van der Waals surface area contributed by atoms with E-state index in [9.17, 15) is 13.6 Å². The third-order valence-electron chi connectivity index (χ3n) is 7.65. The SMILES string of the molecule is CN[C@H]1CC[C@H](N(Cc2cc(-c3ccc(C#N)cc3)ccc2OC)C(=O)c2sc3c(F)ccc(F)c3c2Cl)CC1. The molecule has 5 nitrogen and oxygen atoms in total. The van der Waals surface area contributed by atoms with Crippen LogP contribution in [0.15, 0.2) is 54.6 Å². The lowest BCUT2D eigenvalue weighted by Gasteiger charge is -2.37. The first-order valence-electron chi connectivity index (χ1n) is 13.1. The number of fused-ring (bicyclic) bond motifs is 1. The monoisotopic (exact) mass is 579 g/mol. The van der Waals surface area contributed by atoms with Gasteiger partial charge in [0.25, 0.3) is 5.91 Å². The minimum atomic E-state index is -0.658. The molecular formula is C31H28ClF2N3O2S. The van der Waals surface area contributed by atoms with Crippen LogP contribution in [0.5, 0.6) is 5.75 Å². The van der Waals surface area contributed by atoms with Crippen molar-refractivity contribution >= 4 is 38.9 Å². The van der Waals surface area contributed by atoms with Crippen molar-refractivity contribution in [3.05, 3.63) is 87.3 Å². The van der Waals surface area contributed by atoms with Crippen molar-refractivity contribution in [2.45, 2.75) is 44.3 Å². The first-order valence-corrected chi connectivity index (χ1v) is 14.3. The molecule has 5 rings (SSSR count). The summed E-state index contributed by atoms with van der Waals surface area (Å²) in [5.41, 5.74) is 3.20. The summed E-state index contributed by atoms with van der Waals surface area (Å²) in [7, 11) is 3.52. The van der Waals surface area contributed by atoms with E-state index in [1.165, 1.54) is 0 Å². The molecule has 1 aliphatic rings. The molecule has 0 unspecified atom stereocenters. The molecule has 1 N–H and O–H groups in total. The Morgan fingerprint density at radius 3 is 2.38 bits per heavy atom. The van der Waals surface area contributed by atoms with Gasteiger partial charge in [0, 0.05) is 24.2 Å². The van der Waals surface area contributed by atoms with Gasteiger partial charge < -0.3 is 15.0 Å². The average Bonchev–Trinajstić information content (AvgIpc) is 3.35. The maximum absolute atomic E-state index is 14.6. The van der Waals surface area contributed by atoms with Gasteiger partial charge in [-0.1, -0.05) is 29.8 Å². The Balaban J connectivity index is 1.55. The first-order chi connectivity index (χ1) is 19.3. The highest BCUT2D eigenvalue weighted by molar-refractivity contribution is 7.21. The first kappa shape index (κ1) is 28.0. The van der Waals surface area contributed by atoms with E-state index in [2.05, 4.69) is 11.4 Å². The predicted molar refractivity (Wildman–Crippen MR) is 155 cm³/mol. The summed E-state index contributed by atoms with van der Waals surface area (Å²) in [6.45, 7) is 0.233. The smallest absolute Gasteiger partial charge is 0.266 e. The van der Waals surface area contributed by atoms with Crippen molar-refractivity contribution in [1.29, 1.82) is 5.26 Å². The Kier molecular flexibility index (Phi) is 8.36. The molecule has 0 radical (unpaired) electrons. The summed E-state index contributed by atoms with van der Waals surface area (Å²) >= 11 is 7.43. The van der Waals surface area contributed by atoms with Gasteiger partial charge >= 0.3 is 0 Å². The third-order valence-corrected chi connectivity index (χ3v) is 9.33. The molecule has 1 aliphatic carbocycles. The number of hydrogen-bond acceptors (Lipinski definition) is 5. The molecular weight excluding hydrogens is 552 g/mol. The lowest BCUT2D eigenvalue weighted by atomic mass is 9.89. The van der Waals surface area contributed by atoms with Crippen LogP contribution in [0.1, 0.15) is 46.5 Å². The summed E-state index contributed by atoms with van der Waals surface area (Å²) in [4.78, 5) is 16.1. The van der Waals surface area contributed by atoms with Crippen LogP contribution >= 0.6 is 22.9 Å².